The molecule has 0 heterocycles. The van der Waals surface area contributed by atoms with Gasteiger partial charge in [0.2, 0.25) is 5.91 Å². The first-order valence-electron chi connectivity index (χ1n) is 4.50. The summed E-state index contributed by atoms with van der Waals surface area (Å²) in [5.41, 5.74) is 1.02. The summed E-state index contributed by atoms with van der Waals surface area (Å²) in [6.45, 7) is 3.72. The molecule has 0 saturated carbocycles. The maximum Gasteiger partial charge on any atom is 0.220 e. The van der Waals surface area contributed by atoms with Gasteiger partial charge >= 0.3 is 0 Å². The molecule has 1 amide bonds. The third kappa shape index (κ3) is 3.74. The molecule has 2 heteroatoms. The lowest BCUT2D eigenvalue weighted by Crippen LogP contribution is -2.20. The molecule has 1 radical (unpaired) electrons. The second kappa shape index (κ2) is 5.36. The van der Waals surface area contributed by atoms with Gasteiger partial charge in [-0.25, -0.2) is 0 Å². The monoisotopic (exact) mass is 176 g/mol. The highest BCUT2D eigenvalue weighted by Gasteiger charge is 1.98. The molecule has 0 aliphatic rings. The van der Waals surface area contributed by atoms with Crippen LogP contribution in [0.2, 0.25) is 0 Å². The zero-order chi connectivity index (χ0) is 9.52. The van der Waals surface area contributed by atoms with Gasteiger partial charge in [-0.1, -0.05) is 37.3 Å². The van der Waals surface area contributed by atoms with Gasteiger partial charge in [0, 0.05) is 6.42 Å². The topological polar surface area (TPSA) is 29.1 Å². The van der Waals surface area contributed by atoms with E-state index in [1.54, 1.807) is 6.54 Å². The standard InChI is InChI=1S/C11H14NO/c1-2-6-11(13)12-9-10-7-4-3-5-8-10/h3-5,7-9H,2,6H2,1H3,(H,12,13). The van der Waals surface area contributed by atoms with Crippen LogP contribution in [0.4, 0.5) is 0 Å². The first-order valence-corrected chi connectivity index (χ1v) is 4.50. The van der Waals surface area contributed by atoms with Crippen LogP contribution in [0.25, 0.3) is 0 Å². The third-order valence-corrected chi connectivity index (χ3v) is 1.68. The quantitative estimate of drug-likeness (QED) is 0.748. The second-order valence-electron chi connectivity index (χ2n) is 2.87. The van der Waals surface area contributed by atoms with Crippen molar-refractivity contribution in [3.05, 3.63) is 42.4 Å². The van der Waals surface area contributed by atoms with E-state index >= 15 is 0 Å². The van der Waals surface area contributed by atoms with Crippen molar-refractivity contribution < 1.29 is 4.79 Å². The summed E-state index contributed by atoms with van der Waals surface area (Å²) >= 11 is 0. The van der Waals surface area contributed by atoms with E-state index in [0.717, 1.165) is 12.0 Å². The van der Waals surface area contributed by atoms with Gasteiger partial charge in [0.15, 0.2) is 0 Å². The summed E-state index contributed by atoms with van der Waals surface area (Å²) in [7, 11) is 0. The van der Waals surface area contributed by atoms with Crippen LogP contribution in [0.15, 0.2) is 30.3 Å². The van der Waals surface area contributed by atoms with Crippen LogP contribution >= 0.6 is 0 Å². The summed E-state index contributed by atoms with van der Waals surface area (Å²) in [6.07, 6.45) is 1.47. The zero-order valence-electron chi connectivity index (χ0n) is 7.79. The first kappa shape index (κ1) is 9.78. The highest BCUT2D eigenvalue weighted by Crippen LogP contribution is 1.99. The summed E-state index contributed by atoms with van der Waals surface area (Å²) in [5.74, 6) is 0.0753. The van der Waals surface area contributed by atoms with Gasteiger partial charge in [-0.15, -0.1) is 0 Å². The second-order valence-corrected chi connectivity index (χ2v) is 2.87. The minimum atomic E-state index is 0.0753. The molecular formula is C11H14NO. The van der Waals surface area contributed by atoms with E-state index < -0.39 is 0 Å². The molecule has 0 spiro atoms. The molecule has 0 atom stereocenters. The zero-order valence-corrected chi connectivity index (χ0v) is 7.79. The minimum absolute atomic E-state index is 0.0753. The summed E-state index contributed by atoms with van der Waals surface area (Å²) in [6, 6.07) is 9.74. The molecule has 1 rings (SSSR count). The molecule has 0 fully saturated rings. The van der Waals surface area contributed by atoms with Crippen LogP contribution < -0.4 is 5.32 Å². The number of carbonyl (C=O) groups is 1. The molecule has 0 bridgehead atoms. The highest BCUT2D eigenvalue weighted by molar-refractivity contribution is 5.76. The van der Waals surface area contributed by atoms with Crippen molar-refractivity contribution in [3.8, 4) is 0 Å². The van der Waals surface area contributed by atoms with Crippen LogP contribution in [-0.2, 0) is 4.79 Å². The predicted molar refractivity (Wildman–Crippen MR) is 52.9 cm³/mol. The van der Waals surface area contributed by atoms with Gasteiger partial charge in [0.05, 0.1) is 6.54 Å². The van der Waals surface area contributed by atoms with Gasteiger partial charge in [0.25, 0.3) is 0 Å². The molecule has 13 heavy (non-hydrogen) atoms. The molecular weight excluding hydrogens is 162 g/mol. The number of benzene rings is 1. The Labute approximate surface area is 79.0 Å². The summed E-state index contributed by atoms with van der Waals surface area (Å²) in [5, 5.41) is 2.74. The molecule has 1 aromatic carbocycles. The maximum atomic E-state index is 11.1. The van der Waals surface area contributed by atoms with Crippen molar-refractivity contribution in [1.29, 1.82) is 0 Å². The largest absolute Gasteiger partial charge is 0.347 e. The molecule has 0 aliphatic carbocycles. The number of hydrogen-bond donors (Lipinski definition) is 1. The molecule has 0 aromatic heterocycles. The molecule has 1 aromatic rings. The Balaban J connectivity index is 2.31. The van der Waals surface area contributed by atoms with E-state index in [4.69, 9.17) is 0 Å². The lowest BCUT2D eigenvalue weighted by molar-refractivity contribution is -0.120. The van der Waals surface area contributed by atoms with Gasteiger partial charge in [-0.05, 0) is 12.0 Å². The van der Waals surface area contributed by atoms with Gasteiger partial charge in [-0.3, -0.25) is 4.79 Å². The summed E-state index contributed by atoms with van der Waals surface area (Å²) in [4.78, 5) is 11.1. The Kier molecular flexibility index (Phi) is 4.03. The van der Waals surface area contributed by atoms with E-state index in [-0.39, 0.29) is 5.91 Å². The van der Waals surface area contributed by atoms with Crippen LogP contribution in [0.1, 0.15) is 25.3 Å². The average molecular weight is 176 g/mol. The number of carbonyl (C=O) groups excluding carboxylic acids is 1. The SMILES string of the molecule is CCCC(=O)N[CH]c1ccccc1. The van der Waals surface area contributed by atoms with Gasteiger partial charge in [-0.2, -0.15) is 0 Å². The van der Waals surface area contributed by atoms with E-state index in [0.29, 0.717) is 6.42 Å². The molecule has 0 aliphatic heterocycles. The Hall–Kier alpha value is -1.31. The lowest BCUT2D eigenvalue weighted by Gasteiger charge is -2.02. The van der Waals surface area contributed by atoms with Crippen LogP contribution in [0, 0.1) is 6.54 Å². The number of nitrogens with one attached hydrogen (secondary N) is 1. The van der Waals surface area contributed by atoms with E-state index in [1.165, 1.54) is 0 Å². The molecule has 0 unspecified atom stereocenters. The van der Waals surface area contributed by atoms with Crippen LogP contribution in [-0.4, -0.2) is 5.91 Å². The predicted octanol–water partition coefficient (Wildman–Crippen LogP) is 2.11. The molecule has 69 valence electrons. The van der Waals surface area contributed by atoms with E-state index in [9.17, 15) is 4.79 Å². The Morgan fingerprint density at radius 2 is 2.08 bits per heavy atom. The smallest absolute Gasteiger partial charge is 0.220 e. The van der Waals surface area contributed by atoms with Crippen LogP contribution in [0.5, 0.6) is 0 Å². The molecule has 0 saturated heterocycles. The Bertz CT molecular complexity index is 256. The fourth-order valence-electron chi connectivity index (χ4n) is 1.01. The van der Waals surface area contributed by atoms with Crippen molar-refractivity contribution >= 4 is 5.91 Å². The fourth-order valence-corrected chi connectivity index (χ4v) is 1.01. The van der Waals surface area contributed by atoms with E-state index in [2.05, 4.69) is 5.32 Å². The Morgan fingerprint density at radius 3 is 2.69 bits per heavy atom. The number of hydrogen-bond acceptors (Lipinski definition) is 1. The van der Waals surface area contributed by atoms with Crippen LogP contribution in [0.3, 0.4) is 0 Å². The maximum absolute atomic E-state index is 11.1. The molecule has 2 nitrogen and oxygen atoms in total. The van der Waals surface area contributed by atoms with Crippen molar-refractivity contribution in [3.63, 3.8) is 0 Å². The highest BCUT2D eigenvalue weighted by atomic mass is 16.1. The van der Waals surface area contributed by atoms with Gasteiger partial charge < -0.3 is 5.32 Å². The average Bonchev–Trinajstić information content (AvgIpc) is 2.17. The third-order valence-electron chi connectivity index (χ3n) is 1.68. The van der Waals surface area contributed by atoms with Crippen molar-refractivity contribution in [2.45, 2.75) is 19.8 Å². The fraction of sp³-hybridized carbons (Fsp3) is 0.273. The minimum Gasteiger partial charge on any atom is -0.347 e. The number of amides is 1. The van der Waals surface area contributed by atoms with Crippen molar-refractivity contribution in [1.82, 2.24) is 5.32 Å². The normalized spacial score (nSPS) is 9.62. The van der Waals surface area contributed by atoms with Gasteiger partial charge in [0.1, 0.15) is 0 Å². The van der Waals surface area contributed by atoms with Crippen molar-refractivity contribution in [2.24, 2.45) is 0 Å². The molecule has 1 N–H and O–H groups in total. The van der Waals surface area contributed by atoms with E-state index in [1.807, 2.05) is 37.3 Å². The Morgan fingerprint density at radius 1 is 1.38 bits per heavy atom. The summed E-state index contributed by atoms with van der Waals surface area (Å²) < 4.78 is 0. The first-order chi connectivity index (χ1) is 6.33. The number of rotatable bonds is 4. The van der Waals surface area contributed by atoms with Crippen molar-refractivity contribution in [2.75, 3.05) is 0 Å². The lowest BCUT2D eigenvalue weighted by atomic mass is 10.2.